The number of rotatable bonds is 5. The number of methoxy groups -OCH3 is 1. The molecular weight excluding hydrogens is 248 g/mol. The van der Waals surface area contributed by atoms with Crippen LogP contribution in [0.5, 0.6) is 0 Å². The van der Waals surface area contributed by atoms with Gasteiger partial charge in [0, 0.05) is 17.4 Å². The molecule has 1 unspecified atom stereocenters. The van der Waals surface area contributed by atoms with Gasteiger partial charge in [-0.25, -0.2) is 9.97 Å². The molecule has 0 bridgehead atoms. The Bertz CT molecular complexity index is 421. The second-order valence-corrected chi connectivity index (χ2v) is 5.64. The first-order chi connectivity index (χ1) is 8.43. The highest BCUT2D eigenvalue weighted by Crippen LogP contribution is 2.21. The molecule has 1 aromatic rings. The molecule has 18 heavy (non-hydrogen) atoms. The van der Waals surface area contributed by atoms with Gasteiger partial charge in [-0.2, -0.15) is 0 Å². The largest absolute Gasteiger partial charge is 0.469 e. The van der Waals surface area contributed by atoms with E-state index in [9.17, 15) is 4.79 Å². The van der Waals surface area contributed by atoms with E-state index in [-0.39, 0.29) is 11.9 Å². The van der Waals surface area contributed by atoms with E-state index in [4.69, 9.17) is 4.74 Å². The number of nitrogens with zero attached hydrogens (tertiary/aromatic N) is 2. The van der Waals surface area contributed by atoms with Crippen molar-refractivity contribution in [1.82, 2.24) is 9.97 Å². The predicted molar refractivity (Wildman–Crippen MR) is 72.8 cm³/mol. The molecule has 0 radical (unpaired) electrons. The molecule has 0 aliphatic rings. The van der Waals surface area contributed by atoms with E-state index in [2.05, 4.69) is 23.8 Å². The molecule has 4 nitrogen and oxygen atoms in total. The lowest BCUT2D eigenvalue weighted by atomic mass is 10.2. The molecule has 0 spiro atoms. The van der Waals surface area contributed by atoms with Gasteiger partial charge in [-0.3, -0.25) is 4.79 Å². The standard InChI is InChI=1S/C13H20N2O2S/c1-8(2)12-14-10(4)6-11(15-12)18-7-9(3)13(16)17-5/h6,8-9H,7H2,1-5H3. The van der Waals surface area contributed by atoms with Crippen molar-refractivity contribution in [2.45, 2.75) is 38.6 Å². The molecule has 5 heteroatoms. The normalized spacial score (nSPS) is 12.6. The van der Waals surface area contributed by atoms with Crippen molar-refractivity contribution < 1.29 is 9.53 Å². The highest BCUT2D eigenvalue weighted by Gasteiger charge is 2.14. The van der Waals surface area contributed by atoms with Crippen molar-refractivity contribution in [2.75, 3.05) is 12.9 Å². The fourth-order valence-electron chi connectivity index (χ4n) is 1.37. The maximum Gasteiger partial charge on any atom is 0.309 e. The third kappa shape index (κ3) is 4.29. The molecule has 1 aromatic heterocycles. The van der Waals surface area contributed by atoms with Crippen molar-refractivity contribution in [3.63, 3.8) is 0 Å². The molecule has 0 aromatic carbocycles. The first-order valence-corrected chi connectivity index (χ1v) is 6.98. The molecule has 0 N–H and O–H groups in total. The van der Waals surface area contributed by atoms with Gasteiger partial charge >= 0.3 is 5.97 Å². The second kappa shape index (κ2) is 6.73. The number of esters is 1. The third-order valence-electron chi connectivity index (χ3n) is 2.45. The fourth-order valence-corrected chi connectivity index (χ4v) is 2.34. The number of carbonyl (C=O) groups is 1. The molecular formula is C13H20N2O2S. The smallest absolute Gasteiger partial charge is 0.309 e. The summed E-state index contributed by atoms with van der Waals surface area (Å²) >= 11 is 1.57. The number of ether oxygens (including phenoxy) is 1. The van der Waals surface area contributed by atoms with Gasteiger partial charge in [0.15, 0.2) is 0 Å². The zero-order valence-corrected chi connectivity index (χ0v) is 12.4. The quantitative estimate of drug-likeness (QED) is 0.467. The van der Waals surface area contributed by atoms with Gasteiger partial charge in [0.1, 0.15) is 5.82 Å². The number of hydrogen-bond acceptors (Lipinski definition) is 5. The Kier molecular flexibility index (Phi) is 5.59. The van der Waals surface area contributed by atoms with Crippen LogP contribution in [0.25, 0.3) is 0 Å². The zero-order valence-electron chi connectivity index (χ0n) is 11.6. The summed E-state index contributed by atoms with van der Waals surface area (Å²) in [6, 6.07) is 1.94. The van der Waals surface area contributed by atoms with Crippen molar-refractivity contribution in [2.24, 2.45) is 5.92 Å². The van der Waals surface area contributed by atoms with Crippen LogP contribution in [0.15, 0.2) is 11.1 Å². The number of hydrogen-bond donors (Lipinski definition) is 0. The van der Waals surface area contributed by atoms with Gasteiger partial charge in [0.2, 0.25) is 0 Å². The van der Waals surface area contributed by atoms with Crippen LogP contribution in [0.2, 0.25) is 0 Å². The Morgan fingerprint density at radius 1 is 1.39 bits per heavy atom. The lowest BCUT2D eigenvalue weighted by Gasteiger charge is -2.10. The summed E-state index contributed by atoms with van der Waals surface area (Å²) in [6.07, 6.45) is 0. The van der Waals surface area contributed by atoms with E-state index in [0.29, 0.717) is 11.7 Å². The topological polar surface area (TPSA) is 52.1 Å². The van der Waals surface area contributed by atoms with E-state index in [1.807, 2.05) is 19.9 Å². The molecule has 0 amide bonds. The van der Waals surface area contributed by atoms with Crippen molar-refractivity contribution in [3.05, 3.63) is 17.6 Å². The van der Waals surface area contributed by atoms with Gasteiger partial charge in [-0.05, 0) is 13.0 Å². The number of carbonyl (C=O) groups excluding carboxylic acids is 1. The van der Waals surface area contributed by atoms with Gasteiger partial charge in [0.25, 0.3) is 0 Å². The maximum atomic E-state index is 11.3. The molecule has 100 valence electrons. The van der Waals surface area contributed by atoms with Gasteiger partial charge in [-0.1, -0.05) is 20.8 Å². The molecule has 0 aliphatic carbocycles. The number of thioether (sulfide) groups is 1. The maximum absolute atomic E-state index is 11.3. The second-order valence-electron chi connectivity index (χ2n) is 4.60. The van der Waals surface area contributed by atoms with Gasteiger partial charge in [0.05, 0.1) is 18.1 Å². The summed E-state index contributed by atoms with van der Waals surface area (Å²) in [5.74, 6) is 1.52. The Balaban J connectivity index is 2.70. The molecule has 0 fully saturated rings. The van der Waals surface area contributed by atoms with E-state index >= 15 is 0 Å². The van der Waals surface area contributed by atoms with Crippen LogP contribution in [-0.4, -0.2) is 28.8 Å². The summed E-state index contributed by atoms with van der Waals surface area (Å²) < 4.78 is 4.70. The first-order valence-electron chi connectivity index (χ1n) is 6.00. The average Bonchev–Trinajstić information content (AvgIpc) is 2.34. The molecule has 0 aliphatic heterocycles. The summed E-state index contributed by atoms with van der Waals surface area (Å²) in [5.41, 5.74) is 0.960. The van der Waals surface area contributed by atoms with Crippen LogP contribution in [-0.2, 0) is 9.53 Å². The van der Waals surface area contributed by atoms with E-state index in [1.54, 1.807) is 11.8 Å². The summed E-state index contributed by atoms with van der Waals surface area (Å²) in [6.45, 7) is 7.96. The Labute approximate surface area is 113 Å². The fraction of sp³-hybridized carbons (Fsp3) is 0.615. The van der Waals surface area contributed by atoms with Crippen LogP contribution in [0.1, 0.15) is 38.2 Å². The molecule has 1 heterocycles. The molecule has 0 saturated carbocycles. The SMILES string of the molecule is COC(=O)C(C)CSc1cc(C)nc(C(C)C)n1. The van der Waals surface area contributed by atoms with Crippen LogP contribution in [0, 0.1) is 12.8 Å². The third-order valence-corrected chi connectivity index (χ3v) is 3.62. The minimum Gasteiger partial charge on any atom is -0.469 e. The average molecular weight is 268 g/mol. The van der Waals surface area contributed by atoms with Crippen molar-refractivity contribution in [3.8, 4) is 0 Å². The summed E-state index contributed by atoms with van der Waals surface area (Å²) in [4.78, 5) is 20.2. The number of aromatic nitrogens is 2. The van der Waals surface area contributed by atoms with E-state index in [0.717, 1.165) is 16.5 Å². The lowest BCUT2D eigenvalue weighted by Crippen LogP contribution is -2.15. The minimum absolute atomic E-state index is 0.127. The van der Waals surface area contributed by atoms with Crippen LogP contribution >= 0.6 is 11.8 Å². The predicted octanol–water partition coefficient (Wildman–Crippen LogP) is 2.81. The summed E-state index contributed by atoms with van der Waals surface area (Å²) in [7, 11) is 1.41. The summed E-state index contributed by atoms with van der Waals surface area (Å²) in [5, 5.41) is 0.918. The molecule has 1 rings (SSSR count). The molecule has 0 saturated heterocycles. The highest BCUT2D eigenvalue weighted by molar-refractivity contribution is 7.99. The zero-order chi connectivity index (χ0) is 13.7. The monoisotopic (exact) mass is 268 g/mol. The first kappa shape index (κ1) is 15.0. The van der Waals surface area contributed by atoms with Crippen LogP contribution in [0.3, 0.4) is 0 Å². The minimum atomic E-state index is -0.183. The Hall–Kier alpha value is -1.10. The van der Waals surface area contributed by atoms with Crippen molar-refractivity contribution in [1.29, 1.82) is 0 Å². The van der Waals surface area contributed by atoms with E-state index in [1.165, 1.54) is 7.11 Å². The molecule has 1 atom stereocenters. The lowest BCUT2D eigenvalue weighted by molar-refractivity contribution is -0.143. The van der Waals surface area contributed by atoms with Crippen LogP contribution < -0.4 is 0 Å². The van der Waals surface area contributed by atoms with Gasteiger partial charge < -0.3 is 4.74 Å². The Morgan fingerprint density at radius 3 is 2.61 bits per heavy atom. The van der Waals surface area contributed by atoms with E-state index < -0.39 is 0 Å². The highest BCUT2D eigenvalue weighted by atomic mass is 32.2. The van der Waals surface area contributed by atoms with Gasteiger partial charge in [-0.15, -0.1) is 11.8 Å². The van der Waals surface area contributed by atoms with Crippen molar-refractivity contribution >= 4 is 17.7 Å². The number of aryl methyl sites for hydroxylation is 1. The Morgan fingerprint density at radius 2 is 2.06 bits per heavy atom. The van der Waals surface area contributed by atoms with Crippen LogP contribution in [0.4, 0.5) is 0 Å².